The van der Waals surface area contributed by atoms with Gasteiger partial charge in [0, 0.05) is 5.56 Å². The lowest BCUT2D eigenvalue weighted by molar-refractivity contribution is 0.0922. The number of anilines is 1. The highest BCUT2D eigenvalue weighted by atomic mass is 35.5. The summed E-state index contributed by atoms with van der Waals surface area (Å²) in [5.74, 6) is -0.645. The number of fused-ring (bicyclic) bond motifs is 1. The summed E-state index contributed by atoms with van der Waals surface area (Å²) in [5.41, 5.74) is 3.82. The minimum absolute atomic E-state index is 0.0569. The van der Waals surface area contributed by atoms with Crippen LogP contribution in [-0.4, -0.2) is 17.1 Å². The maximum Gasteiger partial charge on any atom is 0.266 e. The summed E-state index contributed by atoms with van der Waals surface area (Å²) in [6.07, 6.45) is 2.30. The molecule has 4 nitrogen and oxygen atoms in total. The summed E-state index contributed by atoms with van der Waals surface area (Å²) in [5, 5.41) is -0.754. The average Bonchev–Trinajstić information content (AvgIpc) is 2.92. The minimum atomic E-state index is -0.754. The van der Waals surface area contributed by atoms with Crippen LogP contribution in [0.5, 0.6) is 0 Å². The molecule has 0 aliphatic carbocycles. The maximum atomic E-state index is 13.4. The molecule has 5 heteroatoms. The largest absolute Gasteiger partial charge is 0.276 e. The van der Waals surface area contributed by atoms with Gasteiger partial charge in [0.1, 0.15) is 0 Å². The molecule has 0 spiro atoms. The van der Waals surface area contributed by atoms with Gasteiger partial charge in [0.25, 0.3) is 17.1 Å². The number of amides is 2. The third-order valence-electron chi connectivity index (χ3n) is 5.29. The Labute approximate surface area is 176 Å². The molecule has 0 bridgehead atoms. The summed E-state index contributed by atoms with van der Waals surface area (Å²) in [4.78, 5) is 39.8. The van der Waals surface area contributed by atoms with Crippen molar-refractivity contribution < 1.29 is 14.4 Å². The van der Waals surface area contributed by atoms with E-state index in [-0.39, 0.29) is 28.5 Å². The summed E-state index contributed by atoms with van der Waals surface area (Å²) in [7, 11) is 0. The molecule has 1 aliphatic rings. The number of imide groups is 1. The van der Waals surface area contributed by atoms with E-state index >= 15 is 0 Å². The fraction of sp³-hybridized carbons (Fsp3) is 0.292. The molecule has 0 fully saturated rings. The van der Waals surface area contributed by atoms with Crippen LogP contribution in [0.3, 0.4) is 0 Å². The van der Waals surface area contributed by atoms with Gasteiger partial charge in [0.15, 0.2) is 0 Å². The number of benzene rings is 2. The van der Waals surface area contributed by atoms with Crippen molar-refractivity contribution in [1.82, 2.24) is 0 Å². The first-order chi connectivity index (χ1) is 13.7. The molecule has 2 aromatic carbocycles. The Morgan fingerprint density at radius 2 is 1.66 bits per heavy atom. The van der Waals surface area contributed by atoms with Crippen LogP contribution >= 0.6 is 11.6 Å². The van der Waals surface area contributed by atoms with Crippen molar-refractivity contribution >= 4 is 34.3 Å². The van der Waals surface area contributed by atoms with Gasteiger partial charge in [0.2, 0.25) is 0 Å². The van der Waals surface area contributed by atoms with E-state index in [1.54, 1.807) is 18.2 Å². The fourth-order valence-electron chi connectivity index (χ4n) is 3.95. The molecule has 2 amide bonds. The topological polar surface area (TPSA) is 54.5 Å². The Balaban J connectivity index is 2.33. The third-order valence-corrected chi connectivity index (χ3v) is 5.50. The van der Waals surface area contributed by atoms with Gasteiger partial charge in [-0.2, -0.15) is 0 Å². The molecule has 0 radical (unpaired) electrons. The third kappa shape index (κ3) is 3.42. The van der Waals surface area contributed by atoms with Gasteiger partial charge in [-0.15, -0.1) is 6.58 Å². The lowest BCUT2D eigenvalue weighted by Gasteiger charge is -2.27. The van der Waals surface area contributed by atoms with Crippen molar-refractivity contribution in [1.29, 1.82) is 0 Å². The van der Waals surface area contributed by atoms with Crippen molar-refractivity contribution in [2.45, 2.75) is 46.0 Å². The molecule has 0 atom stereocenters. The Hall–Kier alpha value is -2.72. The first-order valence-electron chi connectivity index (χ1n) is 9.68. The van der Waals surface area contributed by atoms with E-state index in [1.165, 1.54) is 11.0 Å². The molecule has 3 rings (SSSR count). The van der Waals surface area contributed by atoms with Crippen LogP contribution in [0.4, 0.5) is 5.69 Å². The summed E-state index contributed by atoms with van der Waals surface area (Å²) >= 11 is 5.69. The molecule has 0 saturated heterocycles. The highest BCUT2D eigenvalue weighted by Gasteiger charge is 2.41. The van der Waals surface area contributed by atoms with E-state index in [1.807, 2.05) is 19.9 Å². The van der Waals surface area contributed by atoms with E-state index in [9.17, 15) is 14.4 Å². The van der Waals surface area contributed by atoms with Crippen molar-refractivity contribution in [2.75, 3.05) is 4.90 Å². The first kappa shape index (κ1) is 21.0. The maximum absolute atomic E-state index is 13.4. The molecule has 2 aromatic rings. The van der Waals surface area contributed by atoms with Crippen LogP contribution in [0, 0.1) is 0 Å². The van der Waals surface area contributed by atoms with Crippen molar-refractivity contribution in [3.05, 3.63) is 76.4 Å². The van der Waals surface area contributed by atoms with Crippen LogP contribution in [0.2, 0.25) is 0 Å². The van der Waals surface area contributed by atoms with E-state index in [2.05, 4.69) is 26.5 Å². The Morgan fingerprint density at radius 1 is 1.03 bits per heavy atom. The summed E-state index contributed by atoms with van der Waals surface area (Å²) in [6.45, 7) is 12.1. The van der Waals surface area contributed by atoms with Crippen LogP contribution in [0.1, 0.15) is 87.3 Å². The van der Waals surface area contributed by atoms with Crippen LogP contribution in [-0.2, 0) is 6.42 Å². The Kier molecular flexibility index (Phi) is 5.76. The van der Waals surface area contributed by atoms with Gasteiger partial charge in [-0.05, 0) is 58.7 Å². The lowest BCUT2D eigenvalue weighted by Crippen LogP contribution is -2.32. The van der Waals surface area contributed by atoms with Crippen molar-refractivity contribution in [3.63, 3.8) is 0 Å². The molecule has 1 aliphatic heterocycles. The molecular weight excluding hydrogens is 386 g/mol. The quantitative estimate of drug-likeness (QED) is 0.342. The smallest absolute Gasteiger partial charge is 0.266 e. The summed E-state index contributed by atoms with van der Waals surface area (Å²) in [6, 6.07) is 8.66. The zero-order chi connectivity index (χ0) is 21.5. The molecule has 0 aromatic heterocycles. The molecule has 0 unspecified atom stereocenters. The number of allylic oxidation sites excluding steroid dienone is 1. The predicted octanol–water partition coefficient (Wildman–Crippen LogP) is 5.84. The molecule has 1 heterocycles. The van der Waals surface area contributed by atoms with Crippen LogP contribution in [0.15, 0.2) is 43.0 Å². The number of halogens is 1. The van der Waals surface area contributed by atoms with Crippen molar-refractivity contribution in [2.24, 2.45) is 0 Å². The van der Waals surface area contributed by atoms with Gasteiger partial charge in [-0.1, -0.05) is 52.0 Å². The highest BCUT2D eigenvalue weighted by Crippen LogP contribution is 2.41. The van der Waals surface area contributed by atoms with Crippen LogP contribution < -0.4 is 4.90 Å². The SMILES string of the molecule is C=CCc1c(C(C)C)ccc(C(C)C)c1N1C(=O)c2cccc(C(=O)Cl)c2C1=O. The number of carbonyl (C=O) groups is 3. The molecule has 150 valence electrons. The second-order valence-corrected chi connectivity index (χ2v) is 8.16. The molecular formula is C24H24ClNO3. The minimum Gasteiger partial charge on any atom is -0.276 e. The van der Waals surface area contributed by atoms with Gasteiger partial charge in [-0.3, -0.25) is 14.4 Å². The predicted molar refractivity (Wildman–Crippen MR) is 116 cm³/mol. The standard InChI is InChI=1S/C24H24ClNO3/c1-6-8-17-15(13(2)3)11-12-16(14(4)5)21(17)26-23(28)19-10-7-9-18(22(25)27)20(19)24(26)29/h6-7,9-14H,1,8H2,2-5H3. The van der Waals surface area contributed by atoms with Crippen molar-refractivity contribution in [3.8, 4) is 0 Å². The number of rotatable bonds is 6. The monoisotopic (exact) mass is 409 g/mol. The highest BCUT2D eigenvalue weighted by molar-refractivity contribution is 6.68. The summed E-state index contributed by atoms with van der Waals surface area (Å²) < 4.78 is 0. The van der Waals surface area contributed by atoms with Crippen LogP contribution in [0.25, 0.3) is 0 Å². The Bertz CT molecular complexity index is 1040. The lowest BCUT2D eigenvalue weighted by atomic mass is 9.87. The zero-order valence-corrected chi connectivity index (χ0v) is 17.8. The van der Waals surface area contributed by atoms with Gasteiger partial charge in [0.05, 0.1) is 16.8 Å². The average molecular weight is 410 g/mol. The van der Waals surface area contributed by atoms with Gasteiger partial charge in [-0.25, -0.2) is 4.90 Å². The molecule has 29 heavy (non-hydrogen) atoms. The van der Waals surface area contributed by atoms with E-state index in [0.29, 0.717) is 12.1 Å². The number of nitrogens with zero attached hydrogens (tertiary/aromatic N) is 1. The number of hydrogen-bond donors (Lipinski definition) is 0. The van der Waals surface area contributed by atoms with E-state index in [4.69, 9.17) is 11.6 Å². The normalized spacial score (nSPS) is 13.4. The second kappa shape index (κ2) is 7.96. The molecule has 0 N–H and O–H groups in total. The van der Waals surface area contributed by atoms with E-state index in [0.717, 1.165) is 16.7 Å². The Morgan fingerprint density at radius 3 is 2.21 bits per heavy atom. The van der Waals surface area contributed by atoms with Gasteiger partial charge >= 0.3 is 0 Å². The first-order valence-corrected chi connectivity index (χ1v) is 10.1. The zero-order valence-electron chi connectivity index (χ0n) is 17.1. The number of carbonyl (C=O) groups excluding carboxylic acids is 3. The number of hydrogen-bond acceptors (Lipinski definition) is 3. The fourth-order valence-corrected chi connectivity index (χ4v) is 4.11. The van der Waals surface area contributed by atoms with E-state index < -0.39 is 17.1 Å². The van der Waals surface area contributed by atoms with Gasteiger partial charge < -0.3 is 0 Å². The second-order valence-electron chi connectivity index (χ2n) is 7.82. The molecule has 0 saturated carbocycles.